The monoisotopic (exact) mass is 489 g/mol. The highest BCUT2D eigenvalue weighted by molar-refractivity contribution is 6.07. The second kappa shape index (κ2) is 9.41. The minimum absolute atomic E-state index is 0.00352. The zero-order valence-corrected chi connectivity index (χ0v) is 18.8. The van der Waals surface area contributed by atoms with Gasteiger partial charge in [0.05, 0.1) is 16.6 Å². The highest BCUT2D eigenvalue weighted by Crippen LogP contribution is 2.32. The largest absolute Gasteiger partial charge is 0.453 e. The van der Waals surface area contributed by atoms with Crippen LogP contribution in [0.1, 0.15) is 16.1 Å². The predicted octanol–water partition coefficient (Wildman–Crippen LogP) is 6.47. The van der Waals surface area contributed by atoms with Crippen molar-refractivity contribution in [2.45, 2.75) is 6.92 Å². The Bertz CT molecular complexity index is 1600. The molecule has 5 rings (SSSR count). The van der Waals surface area contributed by atoms with E-state index in [1.54, 1.807) is 43.6 Å². The fourth-order valence-corrected chi connectivity index (χ4v) is 3.56. The third kappa shape index (κ3) is 4.69. The van der Waals surface area contributed by atoms with Gasteiger partial charge in [0.25, 0.3) is 5.91 Å². The number of pyridine rings is 2. The number of aromatic nitrogens is 3. The molecule has 0 radical (unpaired) electrons. The fraction of sp³-hybridized carbons (Fsp3) is 0.0385. The van der Waals surface area contributed by atoms with E-state index in [0.717, 1.165) is 12.1 Å². The maximum atomic E-state index is 14.9. The number of nitrogens with one attached hydrogen (secondary N) is 3. The van der Waals surface area contributed by atoms with E-state index in [-0.39, 0.29) is 22.8 Å². The molecule has 0 saturated carbocycles. The van der Waals surface area contributed by atoms with Crippen LogP contribution in [0.15, 0.2) is 73.1 Å². The number of amides is 1. The van der Waals surface area contributed by atoms with E-state index in [1.807, 2.05) is 0 Å². The molecule has 1 amide bonds. The number of H-pyrrole nitrogens is 1. The van der Waals surface area contributed by atoms with Crippen LogP contribution in [0.2, 0.25) is 0 Å². The minimum atomic E-state index is -0.915. The molecule has 3 aromatic heterocycles. The molecule has 0 bridgehead atoms. The first kappa shape index (κ1) is 22.9. The van der Waals surface area contributed by atoms with Crippen molar-refractivity contribution in [1.29, 1.82) is 0 Å². The summed E-state index contributed by atoms with van der Waals surface area (Å²) in [5.41, 5.74) is 1.41. The molecule has 36 heavy (non-hydrogen) atoms. The molecule has 2 aromatic carbocycles. The Balaban J connectivity index is 1.38. The summed E-state index contributed by atoms with van der Waals surface area (Å²) in [6, 6.07) is 13.6. The van der Waals surface area contributed by atoms with Crippen LogP contribution >= 0.6 is 0 Å². The van der Waals surface area contributed by atoms with E-state index in [1.165, 1.54) is 18.2 Å². The highest BCUT2D eigenvalue weighted by atomic mass is 19.1. The van der Waals surface area contributed by atoms with Crippen molar-refractivity contribution < 1.29 is 22.7 Å². The number of aromatic amines is 1. The molecule has 3 N–H and O–H groups in total. The van der Waals surface area contributed by atoms with Crippen molar-refractivity contribution in [2.24, 2.45) is 0 Å². The summed E-state index contributed by atoms with van der Waals surface area (Å²) in [5, 5.41) is 6.03. The van der Waals surface area contributed by atoms with E-state index in [9.17, 15) is 18.0 Å². The molecule has 7 nitrogen and oxygen atoms in total. The Kier molecular flexibility index (Phi) is 5.99. The molecule has 0 aliphatic heterocycles. The molecule has 3 heterocycles. The summed E-state index contributed by atoms with van der Waals surface area (Å²) in [4.78, 5) is 24.3. The Morgan fingerprint density at radius 2 is 1.81 bits per heavy atom. The molecular formula is C26H18F3N5O2. The van der Waals surface area contributed by atoms with Crippen molar-refractivity contribution in [3.8, 4) is 11.5 Å². The lowest BCUT2D eigenvalue weighted by atomic mass is 10.2. The van der Waals surface area contributed by atoms with E-state index in [2.05, 4.69) is 25.6 Å². The van der Waals surface area contributed by atoms with Crippen LogP contribution in [-0.4, -0.2) is 20.9 Å². The van der Waals surface area contributed by atoms with Crippen LogP contribution in [0.25, 0.3) is 11.0 Å². The van der Waals surface area contributed by atoms with Crippen molar-refractivity contribution >= 4 is 34.1 Å². The maximum absolute atomic E-state index is 14.9. The quantitative estimate of drug-likeness (QED) is 0.254. The van der Waals surface area contributed by atoms with Crippen LogP contribution in [0.3, 0.4) is 0 Å². The van der Waals surface area contributed by atoms with Crippen LogP contribution in [0, 0.1) is 24.4 Å². The van der Waals surface area contributed by atoms with Crippen LogP contribution in [0.4, 0.5) is 30.4 Å². The number of rotatable bonds is 6. The van der Waals surface area contributed by atoms with E-state index in [4.69, 9.17) is 4.74 Å². The molecule has 180 valence electrons. The number of carbonyl (C=O) groups is 1. The van der Waals surface area contributed by atoms with Gasteiger partial charge in [0, 0.05) is 35.9 Å². The number of halogens is 3. The number of benzene rings is 2. The number of fused-ring (bicyclic) bond motifs is 1. The summed E-state index contributed by atoms with van der Waals surface area (Å²) in [6.45, 7) is 1.72. The summed E-state index contributed by atoms with van der Waals surface area (Å²) in [7, 11) is 0. The fourth-order valence-electron chi connectivity index (χ4n) is 3.56. The molecule has 0 atom stereocenters. The van der Waals surface area contributed by atoms with Gasteiger partial charge in [-0.3, -0.25) is 4.79 Å². The standard InChI is InChI=1S/C26H18F3N5O2/c1-14-2-5-18(26(35)34-21-6-3-15(27)12-19(21)28)25(32-14)33-16-4-7-23(20(29)13-16)36-22-9-11-31-24-17(22)8-10-30-24/h2-13H,1H3,(H,30,31)(H,32,33)(H,34,35). The van der Waals surface area contributed by atoms with Crippen LogP contribution in [0.5, 0.6) is 11.5 Å². The van der Waals surface area contributed by atoms with Crippen LogP contribution < -0.4 is 15.4 Å². The molecule has 0 fully saturated rings. The first-order valence-electron chi connectivity index (χ1n) is 10.8. The number of anilines is 3. The molecular weight excluding hydrogens is 471 g/mol. The molecule has 0 aliphatic carbocycles. The second-order valence-corrected chi connectivity index (χ2v) is 7.85. The summed E-state index contributed by atoms with van der Waals surface area (Å²) in [5.74, 6) is -2.44. The zero-order chi connectivity index (χ0) is 25.2. The number of ether oxygens (including phenoxy) is 1. The Hall–Kier alpha value is -4.86. The van der Waals surface area contributed by atoms with Crippen molar-refractivity contribution in [1.82, 2.24) is 15.0 Å². The smallest absolute Gasteiger partial charge is 0.259 e. The number of nitrogens with zero attached hydrogens (tertiary/aromatic N) is 2. The van der Waals surface area contributed by atoms with Gasteiger partial charge in [0.1, 0.15) is 28.8 Å². The molecule has 0 aliphatic rings. The Labute approximate surface area is 203 Å². The van der Waals surface area contributed by atoms with Gasteiger partial charge in [-0.25, -0.2) is 23.1 Å². The van der Waals surface area contributed by atoms with E-state index >= 15 is 0 Å². The van der Waals surface area contributed by atoms with Gasteiger partial charge in [-0.15, -0.1) is 0 Å². The van der Waals surface area contributed by atoms with Crippen molar-refractivity contribution in [3.05, 3.63) is 102 Å². The topological polar surface area (TPSA) is 91.9 Å². The lowest BCUT2D eigenvalue weighted by molar-refractivity contribution is 0.102. The molecule has 0 saturated heterocycles. The van der Waals surface area contributed by atoms with Crippen molar-refractivity contribution in [3.63, 3.8) is 0 Å². The number of carbonyl (C=O) groups excluding carboxylic acids is 1. The second-order valence-electron chi connectivity index (χ2n) is 7.85. The molecule has 10 heteroatoms. The number of hydrogen-bond acceptors (Lipinski definition) is 5. The van der Waals surface area contributed by atoms with Gasteiger partial charge in [-0.05, 0) is 55.5 Å². The average molecular weight is 489 g/mol. The number of aryl methyl sites for hydroxylation is 1. The van der Waals surface area contributed by atoms with Crippen LogP contribution in [-0.2, 0) is 0 Å². The third-order valence-corrected chi connectivity index (χ3v) is 5.29. The summed E-state index contributed by atoms with van der Waals surface area (Å²) in [6.07, 6.45) is 3.26. The normalized spacial score (nSPS) is 10.9. The third-order valence-electron chi connectivity index (χ3n) is 5.29. The highest BCUT2D eigenvalue weighted by Gasteiger charge is 2.17. The number of hydrogen-bond donors (Lipinski definition) is 3. The van der Waals surface area contributed by atoms with Gasteiger partial charge < -0.3 is 20.4 Å². The van der Waals surface area contributed by atoms with E-state index < -0.39 is 23.4 Å². The molecule has 0 spiro atoms. The Morgan fingerprint density at radius 1 is 0.944 bits per heavy atom. The summed E-state index contributed by atoms with van der Waals surface area (Å²) < 4.78 is 47.8. The summed E-state index contributed by atoms with van der Waals surface area (Å²) >= 11 is 0. The first-order valence-corrected chi connectivity index (χ1v) is 10.8. The van der Waals surface area contributed by atoms with Gasteiger partial charge >= 0.3 is 0 Å². The zero-order valence-electron chi connectivity index (χ0n) is 18.8. The van der Waals surface area contributed by atoms with Gasteiger partial charge in [0.15, 0.2) is 11.6 Å². The minimum Gasteiger partial charge on any atom is -0.453 e. The first-order chi connectivity index (χ1) is 17.4. The average Bonchev–Trinajstić information content (AvgIpc) is 3.33. The Morgan fingerprint density at radius 3 is 2.61 bits per heavy atom. The van der Waals surface area contributed by atoms with Gasteiger partial charge in [0.2, 0.25) is 0 Å². The van der Waals surface area contributed by atoms with Gasteiger partial charge in [-0.2, -0.15) is 0 Å². The van der Waals surface area contributed by atoms with E-state index in [0.29, 0.717) is 34.2 Å². The molecule has 5 aromatic rings. The van der Waals surface area contributed by atoms with Crippen molar-refractivity contribution in [2.75, 3.05) is 10.6 Å². The lowest BCUT2D eigenvalue weighted by Crippen LogP contribution is -2.16. The maximum Gasteiger partial charge on any atom is 0.259 e. The lowest BCUT2D eigenvalue weighted by Gasteiger charge is -2.14. The predicted molar refractivity (Wildman–Crippen MR) is 129 cm³/mol. The van der Waals surface area contributed by atoms with Gasteiger partial charge in [-0.1, -0.05) is 0 Å². The SMILES string of the molecule is Cc1ccc(C(=O)Nc2ccc(F)cc2F)c(Nc2ccc(Oc3ccnc4[nH]ccc34)c(F)c2)n1. The molecule has 0 unspecified atom stereocenters.